The Bertz CT molecular complexity index is 436. The lowest BCUT2D eigenvalue weighted by molar-refractivity contribution is -0.929. The van der Waals surface area contributed by atoms with Gasteiger partial charge in [-0.25, -0.2) is 0 Å². The van der Waals surface area contributed by atoms with Crippen molar-refractivity contribution in [2.24, 2.45) is 5.92 Å². The van der Waals surface area contributed by atoms with E-state index in [1.165, 1.54) is 108 Å². The predicted octanol–water partition coefficient (Wildman–Crippen LogP) is 10.1. The Hall–Kier alpha value is -0.0951. The van der Waals surface area contributed by atoms with E-state index in [-0.39, 0.29) is 5.60 Å². The van der Waals surface area contributed by atoms with Gasteiger partial charge in [-0.15, -0.1) is 0 Å². The van der Waals surface area contributed by atoms with Gasteiger partial charge in [-0.3, -0.25) is 0 Å². The molecule has 0 bridgehead atoms. The molecule has 236 valence electrons. The molecule has 0 aliphatic rings. The van der Waals surface area contributed by atoms with Gasteiger partial charge in [0.25, 0.3) is 0 Å². The molecule has 0 saturated heterocycles. The third-order valence-corrected chi connectivity index (χ3v) is 8.75. The molecule has 0 saturated carbocycles. The zero-order valence-electron chi connectivity index (χ0n) is 28.4. The van der Waals surface area contributed by atoms with Gasteiger partial charge >= 0.3 is 7.32 Å². The van der Waals surface area contributed by atoms with Crippen LogP contribution < -0.4 is 0 Å². The second-order valence-electron chi connectivity index (χ2n) is 12.3. The summed E-state index contributed by atoms with van der Waals surface area (Å²) >= 11 is 0. The van der Waals surface area contributed by atoms with Crippen molar-refractivity contribution in [1.82, 2.24) is 0 Å². The molecule has 0 unspecified atom stereocenters. The van der Waals surface area contributed by atoms with Gasteiger partial charge in [-0.2, -0.15) is 0 Å². The van der Waals surface area contributed by atoms with Crippen molar-refractivity contribution in [3.8, 4) is 0 Å². The van der Waals surface area contributed by atoms with Crippen LogP contribution in [-0.4, -0.2) is 53.6 Å². The summed E-state index contributed by atoms with van der Waals surface area (Å²) in [5.41, 5.74) is -0.357. The lowest BCUT2D eigenvalue weighted by Crippen LogP contribution is -2.50. The SMILES string of the molecule is CCCCC(CCCC)C(CCCC)(CCCC)OB(O)O.CCCC[N+](CCCC)(CCCC)CCCC. The van der Waals surface area contributed by atoms with E-state index >= 15 is 0 Å². The molecule has 5 heteroatoms. The summed E-state index contributed by atoms with van der Waals surface area (Å²) in [6.45, 7) is 23.8. The fraction of sp³-hybridized carbons (Fsp3) is 1.00. The van der Waals surface area contributed by atoms with Crippen molar-refractivity contribution in [2.75, 3.05) is 26.2 Å². The summed E-state index contributed by atoms with van der Waals surface area (Å²) in [5, 5.41) is 19.0. The highest BCUT2D eigenvalue weighted by molar-refractivity contribution is 6.32. The van der Waals surface area contributed by atoms with Gasteiger partial charge < -0.3 is 19.2 Å². The molecule has 0 atom stereocenters. The van der Waals surface area contributed by atoms with Gasteiger partial charge in [0.1, 0.15) is 0 Å². The van der Waals surface area contributed by atoms with Gasteiger partial charge in [0, 0.05) is 0 Å². The van der Waals surface area contributed by atoms with Crippen molar-refractivity contribution < 1.29 is 19.2 Å². The first-order chi connectivity index (χ1) is 18.8. The van der Waals surface area contributed by atoms with Crippen LogP contribution in [0.15, 0.2) is 0 Å². The van der Waals surface area contributed by atoms with Crippen LogP contribution in [0.3, 0.4) is 0 Å². The van der Waals surface area contributed by atoms with E-state index in [1.54, 1.807) is 0 Å². The molecule has 0 spiro atoms. The minimum atomic E-state index is -1.65. The smallest absolute Gasteiger partial charge is 0.402 e. The minimum Gasteiger partial charge on any atom is -0.402 e. The van der Waals surface area contributed by atoms with E-state index in [0.717, 1.165) is 51.4 Å². The van der Waals surface area contributed by atoms with E-state index in [9.17, 15) is 10.0 Å². The molecule has 0 aliphatic heterocycles. The first-order valence-electron chi connectivity index (χ1n) is 17.7. The van der Waals surface area contributed by atoms with Gasteiger partial charge in [-0.1, -0.05) is 132 Å². The van der Waals surface area contributed by atoms with Gasteiger partial charge in [0.2, 0.25) is 0 Å². The summed E-state index contributed by atoms with van der Waals surface area (Å²) in [5.74, 6) is 0.437. The molecule has 0 fully saturated rings. The molecule has 0 radical (unpaired) electrons. The van der Waals surface area contributed by atoms with Crippen LogP contribution in [-0.2, 0) is 4.65 Å². The molecule has 0 amide bonds. The average molecular weight is 557 g/mol. The largest absolute Gasteiger partial charge is 0.634 e. The zero-order valence-corrected chi connectivity index (χ0v) is 28.4. The van der Waals surface area contributed by atoms with Gasteiger partial charge in [-0.05, 0) is 57.3 Å². The number of unbranched alkanes of at least 4 members (excludes halogenated alkanes) is 8. The third-order valence-electron chi connectivity index (χ3n) is 8.75. The van der Waals surface area contributed by atoms with Gasteiger partial charge in [0.05, 0.1) is 31.8 Å². The summed E-state index contributed by atoms with van der Waals surface area (Å²) in [6, 6.07) is 0. The van der Waals surface area contributed by atoms with Crippen LogP contribution in [0, 0.1) is 5.92 Å². The Balaban J connectivity index is 0. The van der Waals surface area contributed by atoms with Crippen molar-refractivity contribution in [3.63, 3.8) is 0 Å². The molecule has 0 rings (SSSR count). The van der Waals surface area contributed by atoms with E-state index in [4.69, 9.17) is 4.65 Å². The van der Waals surface area contributed by atoms with E-state index in [2.05, 4.69) is 55.4 Å². The van der Waals surface area contributed by atoms with Crippen LogP contribution in [0.25, 0.3) is 0 Å². The predicted molar refractivity (Wildman–Crippen MR) is 175 cm³/mol. The number of nitrogens with zero attached hydrogens (tertiary/aromatic N) is 1. The lowest BCUT2D eigenvalue weighted by Gasteiger charge is -2.42. The van der Waals surface area contributed by atoms with Gasteiger partial charge in [0.15, 0.2) is 0 Å². The Kier molecular flexibility index (Phi) is 29.5. The summed E-state index contributed by atoms with van der Waals surface area (Å²) < 4.78 is 7.23. The number of quaternary nitrogens is 1. The van der Waals surface area contributed by atoms with E-state index in [0.29, 0.717) is 5.92 Å². The molecule has 0 aromatic rings. The van der Waals surface area contributed by atoms with Crippen LogP contribution in [0.5, 0.6) is 0 Å². The van der Waals surface area contributed by atoms with Crippen LogP contribution in [0.1, 0.15) is 184 Å². The quantitative estimate of drug-likeness (QED) is 0.0782. The highest BCUT2D eigenvalue weighted by Gasteiger charge is 2.40. The molecule has 4 nitrogen and oxygen atoms in total. The zero-order chi connectivity index (χ0) is 29.8. The monoisotopic (exact) mass is 557 g/mol. The fourth-order valence-electron chi connectivity index (χ4n) is 6.13. The summed E-state index contributed by atoms with van der Waals surface area (Å²) in [7, 11) is -1.65. The molecule has 0 aromatic heterocycles. The average Bonchev–Trinajstić information content (AvgIpc) is 2.94. The maximum Gasteiger partial charge on any atom is 0.634 e. The van der Waals surface area contributed by atoms with E-state index < -0.39 is 7.32 Å². The highest BCUT2D eigenvalue weighted by atomic mass is 16.6. The standard InChI is InChI=1S/C18H39BO3.C16H36N/c1-5-9-13-17(14-10-6-2)18(15-11-7-3,16-12-8-4)22-19(20)21;1-5-9-13-17(14-10-6-2,15-11-7-3)16-12-8-4/h17,20-21H,5-16H2,1-4H3;5-16H2,1-4H3/q;+1. The van der Waals surface area contributed by atoms with Crippen LogP contribution >= 0.6 is 0 Å². The van der Waals surface area contributed by atoms with E-state index in [1.807, 2.05) is 0 Å². The van der Waals surface area contributed by atoms with Crippen molar-refractivity contribution >= 4 is 7.32 Å². The Morgan fingerprint density at radius 3 is 1.08 bits per heavy atom. The molecule has 2 N–H and O–H groups in total. The Morgan fingerprint density at radius 1 is 0.513 bits per heavy atom. The molecular weight excluding hydrogens is 481 g/mol. The molecule has 0 aliphatic carbocycles. The maximum absolute atomic E-state index is 9.52. The maximum atomic E-state index is 9.52. The molecule has 39 heavy (non-hydrogen) atoms. The van der Waals surface area contributed by atoms with Crippen LogP contribution in [0.2, 0.25) is 0 Å². The summed E-state index contributed by atoms with van der Waals surface area (Å²) in [6.07, 6.45) is 24.4. The number of hydrogen-bond donors (Lipinski definition) is 2. The minimum absolute atomic E-state index is 0.357. The molecular formula is C34H75BNO3+. The van der Waals surface area contributed by atoms with Crippen molar-refractivity contribution in [1.29, 1.82) is 0 Å². The van der Waals surface area contributed by atoms with Crippen LogP contribution in [0.4, 0.5) is 0 Å². The second kappa shape index (κ2) is 28.0. The first kappa shape index (κ1) is 41.0. The first-order valence-corrected chi connectivity index (χ1v) is 17.7. The third kappa shape index (κ3) is 20.4. The summed E-state index contributed by atoms with van der Waals surface area (Å²) in [4.78, 5) is 0. The molecule has 0 aromatic carbocycles. The lowest BCUT2D eigenvalue weighted by atomic mass is 9.73. The highest BCUT2D eigenvalue weighted by Crippen LogP contribution is 2.39. The van der Waals surface area contributed by atoms with Crippen molar-refractivity contribution in [2.45, 2.75) is 189 Å². The Morgan fingerprint density at radius 2 is 0.821 bits per heavy atom. The number of rotatable bonds is 27. The Labute approximate surface area is 247 Å². The number of hydrogen-bond acceptors (Lipinski definition) is 3. The normalized spacial score (nSPS) is 12.1. The topological polar surface area (TPSA) is 49.7 Å². The second-order valence-corrected chi connectivity index (χ2v) is 12.3. The molecule has 0 heterocycles. The fourth-order valence-corrected chi connectivity index (χ4v) is 6.13. The van der Waals surface area contributed by atoms with Crippen molar-refractivity contribution in [3.05, 3.63) is 0 Å².